The highest BCUT2D eigenvalue weighted by Gasteiger charge is 2.12. The van der Waals surface area contributed by atoms with Crippen LogP contribution in [0.15, 0.2) is 18.2 Å². The van der Waals surface area contributed by atoms with E-state index in [1.807, 2.05) is 0 Å². The molecule has 6 heteroatoms. The first-order valence-corrected chi connectivity index (χ1v) is 8.25. The maximum absolute atomic E-state index is 13.5. The minimum atomic E-state index is -3.00. The number of halogens is 2. The molecule has 1 aromatic rings. The fourth-order valence-corrected chi connectivity index (χ4v) is 2.62. The van der Waals surface area contributed by atoms with E-state index in [9.17, 15) is 12.8 Å². The number of hydrogen-bond acceptors (Lipinski definition) is 3. The Balaban J connectivity index is 2.89. The molecule has 0 aliphatic heterocycles. The van der Waals surface area contributed by atoms with Crippen molar-refractivity contribution in [2.24, 2.45) is 0 Å². The quantitative estimate of drug-likeness (QED) is 0.779. The molecule has 0 atom stereocenters. The molecule has 96 valence electrons. The van der Waals surface area contributed by atoms with Crippen LogP contribution >= 0.6 is 15.9 Å². The summed E-state index contributed by atoms with van der Waals surface area (Å²) in [4.78, 5) is 1.75. The second kappa shape index (κ2) is 5.82. The lowest BCUT2D eigenvalue weighted by Crippen LogP contribution is -2.25. The van der Waals surface area contributed by atoms with E-state index in [1.165, 1.54) is 12.3 Å². The standard InChI is InChI=1S/C11H15BrFNO2S/c1-14(6-7-17(2,15)16)11-5-3-4-10(13)9(11)8-12/h3-5H,6-8H2,1-2H3. The third kappa shape index (κ3) is 4.27. The minimum Gasteiger partial charge on any atom is -0.373 e. The van der Waals surface area contributed by atoms with Crippen molar-refractivity contribution in [2.75, 3.05) is 30.5 Å². The molecule has 1 aromatic carbocycles. The van der Waals surface area contributed by atoms with Gasteiger partial charge in [-0.1, -0.05) is 22.0 Å². The van der Waals surface area contributed by atoms with Crippen LogP contribution in [0.3, 0.4) is 0 Å². The van der Waals surface area contributed by atoms with Crippen LogP contribution in [0.1, 0.15) is 5.56 Å². The normalized spacial score (nSPS) is 11.5. The van der Waals surface area contributed by atoms with Gasteiger partial charge in [-0.15, -0.1) is 0 Å². The van der Waals surface area contributed by atoms with Gasteiger partial charge in [-0.2, -0.15) is 0 Å². The average molecular weight is 324 g/mol. The number of hydrogen-bond donors (Lipinski definition) is 0. The van der Waals surface area contributed by atoms with E-state index < -0.39 is 9.84 Å². The molecule has 0 amide bonds. The van der Waals surface area contributed by atoms with Gasteiger partial charge in [0.1, 0.15) is 15.7 Å². The number of benzene rings is 1. The minimum absolute atomic E-state index is 0.0573. The average Bonchev–Trinajstić information content (AvgIpc) is 2.24. The zero-order valence-corrected chi connectivity index (χ0v) is 12.2. The molecule has 0 aliphatic rings. The van der Waals surface area contributed by atoms with Crippen molar-refractivity contribution >= 4 is 31.5 Å². The Bertz CT molecular complexity index is 490. The highest BCUT2D eigenvalue weighted by Crippen LogP contribution is 2.24. The number of rotatable bonds is 5. The molecule has 0 spiro atoms. The lowest BCUT2D eigenvalue weighted by molar-refractivity contribution is 0.601. The highest BCUT2D eigenvalue weighted by atomic mass is 79.9. The second-order valence-corrected chi connectivity index (χ2v) is 6.74. The largest absolute Gasteiger partial charge is 0.373 e. The number of anilines is 1. The predicted molar refractivity (Wildman–Crippen MR) is 72.0 cm³/mol. The summed E-state index contributed by atoms with van der Waals surface area (Å²) in [6, 6.07) is 4.79. The third-order valence-electron chi connectivity index (χ3n) is 2.44. The van der Waals surface area contributed by atoms with E-state index in [1.54, 1.807) is 24.1 Å². The van der Waals surface area contributed by atoms with Crippen molar-refractivity contribution in [1.29, 1.82) is 0 Å². The Kier molecular flexibility index (Phi) is 4.94. The molecule has 3 nitrogen and oxygen atoms in total. The Hall–Kier alpha value is -0.620. The summed E-state index contributed by atoms with van der Waals surface area (Å²) in [6.07, 6.45) is 1.19. The smallest absolute Gasteiger partial charge is 0.149 e. The van der Waals surface area contributed by atoms with Gasteiger partial charge < -0.3 is 4.90 Å². The van der Waals surface area contributed by atoms with Gasteiger partial charge in [-0.25, -0.2) is 12.8 Å². The summed E-state index contributed by atoms with van der Waals surface area (Å²) in [5.74, 6) is -0.229. The third-order valence-corrected chi connectivity index (χ3v) is 3.92. The van der Waals surface area contributed by atoms with Crippen LogP contribution < -0.4 is 4.90 Å². The molecule has 0 saturated heterocycles. The first kappa shape index (κ1) is 14.4. The Morgan fingerprint density at radius 2 is 2.06 bits per heavy atom. The van der Waals surface area contributed by atoms with E-state index in [2.05, 4.69) is 15.9 Å². The molecule has 17 heavy (non-hydrogen) atoms. The molecule has 0 radical (unpaired) electrons. The van der Waals surface area contributed by atoms with Crippen molar-refractivity contribution in [1.82, 2.24) is 0 Å². The molecule has 0 fully saturated rings. The molecule has 0 aromatic heterocycles. The zero-order chi connectivity index (χ0) is 13.1. The monoisotopic (exact) mass is 323 g/mol. The summed E-state index contributed by atoms with van der Waals surface area (Å²) in [5, 5.41) is 0.401. The van der Waals surface area contributed by atoms with E-state index >= 15 is 0 Å². The van der Waals surface area contributed by atoms with Gasteiger partial charge in [0, 0.05) is 36.4 Å². The fraction of sp³-hybridized carbons (Fsp3) is 0.455. The van der Waals surface area contributed by atoms with Gasteiger partial charge in [-0.05, 0) is 12.1 Å². The predicted octanol–water partition coefficient (Wildman–Crippen LogP) is 2.20. The van der Waals surface area contributed by atoms with E-state index in [0.29, 0.717) is 23.1 Å². The van der Waals surface area contributed by atoms with E-state index in [4.69, 9.17) is 0 Å². The molecular formula is C11H15BrFNO2S. The Morgan fingerprint density at radius 3 is 2.59 bits per heavy atom. The summed E-state index contributed by atoms with van der Waals surface area (Å²) in [7, 11) is -1.25. The van der Waals surface area contributed by atoms with Crippen LogP contribution in [0.4, 0.5) is 10.1 Å². The molecule has 1 rings (SSSR count). The van der Waals surface area contributed by atoms with Crippen molar-refractivity contribution in [3.05, 3.63) is 29.6 Å². The molecule has 0 unspecified atom stereocenters. The summed E-state index contributed by atoms with van der Waals surface area (Å²) < 4.78 is 35.7. The molecular weight excluding hydrogens is 309 g/mol. The topological polar surface area (TPSA) is 37.4 Å². The Morgan fingerprint density at radius 1 is 1.41 bits per heavy atom. The summed E-state index contributed by atoms with van der Waals surface area (Å²) in [5.41, 5.74) is 1.26. The zero-order valence-electron chi connectivity index (χ0n) is 9.78. The van der Waals surface area contributed by atoms with Crippen molar-refractivity contribution in [2.45, 2.75) is 5.33 Å². The van der Waals surface area contributed by atoms with E-state index in [0.717, 1.165) is 0 Å². The van der Waals surface area contributed by atoms with E-state index in [-0.39, 0.29) is 11.6 Å². The summed E-state index contributed by atoms with van der Waals surface area (Å²) in [6.45, 7) is 0.349. The summed E-state index contributed by atoms with van der Waals surface area (Å²) >= 11 is 3.23. The maximum atomic E-state index is 13.5. The number of alkyl halides is 1. The van der Waals surface area contributed by atoms with Gasteiger partial charge in [0.25, 0.3) is 0 Å². The van der Waals surface area contributed by atoms with Gasteiger partial charge in [-0.3, -0.25) is 0 Å². The van der Waals surface area contributed by atoms with Gasteiger partial charge in [0.15, 0.2) is 0 Å². The van der Waals surface area contributed by atoms with Gasteiger partial charge in [0.05, 0.1) is 5.75 Å². The van der Waals surface area contributed by atoms with Gasteiger partial charge in [0.2, 0.25) is 0 Å². The number of sulfone groups is 1. The fourth-order valence-electron chi connectivity index (χ4n) is 1.46. The molecule has 0 aliphatic carbocycles. The van der Waals surface area contributed by atoms with Crippen LogP contribution in [0.5, 0.6) is 0 Å². The first-order valence-electron chi connectivity index (χ1n) is 5.07. The highest BCUT2D eigenvalue weighted by molar-refractivity contribution is 9.08. The van der Waals surface area contributed by atoms with Crippen molar-refractivity contribution in [3.63, 3.8) is 0 Å². The van der Waals surface area contributed by atoms with Crippen LogP contribution in [-0.4, -0.2) is 34.0 Å². The molecule has 0 saturated carbocycles. The Labute approximate surface area is 110 Å². The van der Waals surface area contributed by atoms with Crippen LogP contribution in [0, 0.1) is 5.82 Å². The van der Waals surface area contributed by atoms with Crippen molar-refractivity contribution < 1.29 is 12.8 Å². The van der Waals surface area contributed by atoms with Crippen LogP contribution in [-0.2, 0) is 15.2 Å². The maximum Gasteiger partial charge on any atom is 0.149 e. The molecule has 0 heterocycles. The second-order valence-electron chi connectivity index (χ2n) is 3.92. The lowest BCUT2D eigenvalue weighted by Gasteiger charge is -2.21. The molecule has 0 bridgehead atoms. The first-order chi connectivity index (χ1) is 7.85. The van der Waals surface area contributed by atoms with Crippen molar-refractivity contribution in [3.8, 4) is 0 Å². The van der Waals surface area contributed by atoms with Crippen LogP contribution in [0.2, 0.25) is 0 Å². The SMILES string of the molecule is CN(CCS(C)(=O)=O)c1cccc(F)c1CBr. The van der Waals surface area contributed by atoms with Gasteiger partial charge >= 0.3 is 0 Å². The molecule has 0 N–H and O–H groups in total. The van der Waals surface area contributed by atoms with Crippen LogP contribution in [0.25, 0.3) is 0 Å². The number of nitrogens with zero attached hydrogens (tertiary/aromatic N) is 1. The lowest BCUT2D eigenvalue weighted by atomic mass is 10.2.